The molecule has 0 aromatic carbocycles. The molecule has 1 atom stereocenters. The molecule has 12 heavy (non-hydrogen) atoms. The molecular weight excluding hydrogens is 159 g/mol. The molecule has 1 rings (SSSR count). The van der Waals surface area contributed by atoms with E-state index in [4.69, 9.17) is 0 Å². The Morgan fingerprint density at radius 2 is 2.33 bits per heavy atom. The van der Waals surface area contributed by atoms with Crippen molar-refractivity contribution in [3.63, 3.8) is 0 Å². The van der Waals surface area contributed by atoms with Crippen molar-refractivity contribution in [3.8, 4) is 0 Å². The third kappa shape index (κ3) is 1.94. The molecule has 0 aliphatic carbocycles. The van der Waals surface area contributed by atoms with Crippen LogP contribution in [0, 0.1) is 0 Å². The van der Waals surface area contributed by atoms with Gasteiger partial charge < -0.3 is 10.6 Å². The van der Waals surface area contributed by atoms with Crippen LogP contribution in [-0.2, 0) is 4.79 Å². The monoisotopic (exact) mass is 174 g/mol. The topological polar surface area (TPSA) is 41.1 Å². The molecule has 1 unspecified atom stereocenters. The lowest BCUT2D eigenvalue weighted by molar-refractivity contribution is -0.132. The number of rotatable bonds is 2. The van der Waals surface area contributed by atoms with Gasteiger partial charge in [0.1, 0.15) is 0 Å². The molecule has 0 spiro atoms. The van der Waals surface area contributed by atoms with Crippen molar-refractivity contribution in [1.29, 1.82) is 0 Å². The summed E-state index contributed by atoms with van der Waals surface area (Å²) in [6, 6.07) is 0.00530. The van der Waals surface area contributed by atoms with Gasteiger partial charge in [-0.15, -0.1) is 0 Å². The van der Waals surface area contributed by atoms with Gasteiger partial charge in [-0.05, 0) is 20.4 Å². The van der Waals surface area contributed by atoms with Gasteiger partial charge in [-0.2, -0.15) is 0 Å². The van der Waals surface area contributed by atoms with E-state index in [1.54, 1.807) is 0 Å². The van der Waals surface area contributed by atoms with E-state index in [9.17, 15) is 9.18 Å². The van der Waals surface area contributed by atoms with Crippen molar-refractivity contribution in [3.05, 3.63) is 0 Å². The molecule has 1 aliphatic rings. The molecule has 1 heterocycles. The van der Waals surface area contributed by atoms with Crippen LogP contribution in [0.5, 0.6) is 0 Å². The van der Waals surface area contributed by atoms with Gasteiger partial charge in [0, 0.05) is 19.0 Å². The zero-order valence-corrected chi connectivity index (χ0v) is 7.48. The van der Waals surface area contributed by atoms with Gasteiger partial charge >= 0.3 is 0 Å². The Morgan fingerprint density at radius 1 is 1.67 bits per heavy atom. The van der Waals surface area contributed by atoms with Gasteiger partial charge in [0.15, 0.2) is 0 Å². The minimum Gasteiger partial charge on any atom is -0.351 e. The van der Waals surface area contributed by atoms with Crippen molar-refractivity contribution in [2.24, 2.45) is 0 Å². The van der Waals surface area contributed by atoms with Crippen molar-refractivity contribution in [2.75, 3.05) is 13.1 Å². The molecule has 0 saturated carbocycles. The Labute approximate surface area is 71.7 Å². The predicted octanol–water partition coefficient (Wildman–Crippen LogP) is 0.213. The zero-order chi connectivity index (χ0) is 9.19. The Hall–Kier alpha value is -0.640. The Kier molecular flexibility index (Phi) is 2.67. The van der Waals surface area contributed by atoms with E-state index in [-0.39, 0.29) is 19.0 Å². The SMILES string of the molecule is CC(C)NC(=O)C1(F)CCNC1. The lowest BCUT2D eigenvalue weighted by Gasteiger charge is -2.19. The Morgan fingerprint density at radius 3 is 2.75 bits per heavy atom. The second-order valence-electron chi connectivity index (χ2n) is 3.52. The number of carbonyl (C=O) groups excluding carboxylic acids is 1. The van der Waals surface area contributed by atoms with E-state index in [2.05, 4.69) is 10.6 Å². The summed E-state index contributed by atoms with van der Waals surface area (Å²) in [6.45, 7) is 4.38. The van der Waals surface area contributed by atoms with Crippen LogP contribution in [0.4, 0.5) is 4.39 Å². The van der Waals surface area contributed by atoms with Gasteiger partial charge in [0.05, 0.1) is 0 Å². The number of carbonyl (C=O) groups is 1. The van der Waals surface area contributed by atoms with Gasteiger partial charge in [-0.1, -0.05) is 0 Å². The van der Waals surface area contributed by atoms with Crippen LogP contribution < -0.4 is 10.6 Å². The van der Waals surface area contributed by atoms with E-state index in [0.29, 0.717) is 6.54 Å². The average Bonchev–Trinajstić information content (AvgIpc) is 2.36. The average molecular weight is 174 g/mol. The summed E-state index contributed by atoms with van der Waals surface area (Å²) < 4.78 is 13.6. The van der Waals surface area contributed by atoms with Gasteiger partial charge in [-0.25, -0.2) is 4.39 Å². The maximum atomic E-state index is 13.6. The van der Waals surface area contributed by atoms with Crippen molar-refractivity contribution in [1.82, 2.24) is 10.6 Å². The quantitative estimate of drug-likeness (QED) is 0.628. The van der Waals surface area contributed by atoms with Gasteiger partial charge in [0.2, 0.25) is 5.67 Å². The third-order valence-electron chi connectivity index (χ3n) is 1.93. The molecule has 4 heteroatoms. The molecule has 1 amide bonds. The molecule has 2 N–H and O–H groups in total. The summed E-state index contributed by atoms with van der Waals surface area (Å²) in [7, 11) is 0. The highest BCUT2D eigenvalue weighted by atomic mass is 19.1. The van der Waals surface area contributed by atoms with E-state index < -0.39 is 11.6 Å². The molecule has 0 bridgehead atoms. The summed E-state index contributed by atoms with van der Waals surface area (Å²) >= 11 is 0. The van der Waals surface area contributed by atoms with Crippen LogP contribution in [-0.4, -0.2) is 30.7 Å². The van der Waals surface area contributed by atoms with E-state index >= 15 is 0 Å². The molecular formula is C8H15FN2O. The first-order valence-corrected chi connectivity index (χ1v) is 4.25. The van der Waals surface area contributed by atoms with E-state index in [0.717, 1.165) is 0 Å². The fourth-order valence-corrected chi connectivity index (χ4v) is 1.25. The summed E-state index contributed by atoms with van der Waals surface area (Å²) in [6.07, 6.45) is 0.283. The first-order valence-electron chi connectivity index (χ1n) is 4.25. The smallest absolute Gasteiger partial charge is 0.259 e. The minimum absolute atomic E-state index is 0.00530. The summed E-state index contributed by atoms with van der Waals surface area (Å²) in [4.78, 5) is 11.3. The number of hydrogen-bond acceptors (Lipinski definition) is 2. The fraction of sp³-hybridized carbons (Fsp3) is 0.875. The second-order valence-corrected chi connectivity index (χ2v) is 3.52. The zero-order valence-electron chi connectivity index (χ0n) is 7.48. The van der Waals surface area contributed by atoms with E-state index in [1.807, 2.05) is 13.8 Å². The van der Waals surface area contributed by atoms with Gasteiger partial charge in [-0.3, -0.25) is 4.79 Å². The first kappa shape index (κ1) is 9.45. The van der Waals surface area contributed by atoms with Crippen molar-refractivity contribution >= 4 is 5.91 Å². The van der Waals surface area contributed by atoms with Crippen LogP contribution in [0.2, 0.25) is 0 Å². The summed E-state index contributed by atoms with van der Waals surface area (Å²) in [5.41, 5.74) is -1.68. The van der Waals surface area contributed by atoms with Crippen LogP contribution in [0.3, 0.4) is 0 Å². The Bertz CT molecular complexity index is 176. The molecule has 1 aliphatic heterocycles. The predicted molar refractivity (Wildman–Crippen MR) is 44.6 cm³/mol. The largest absolute Gasteiger partial charge is 0.351 e. The van der Waals surface area contributed by atoms with Crippen LogP contribution in [0.15, 0.2) is 0 Å². The highest BCUT2D eigenvalue weighted by Crippen LogP contribution is 2.19. The number of nitrogens with one attached hydrogen (secondary N) is 2. The van der Waals surface area contributed by atoms with Crippen LogP contribution in [0.1, 0.15) is 20.3 Å². The van der Waals surface area contributed by atoms with Gasteiger partial charge in [0.25, 0.3) is 5.91 Å². The standard InChI is InChI=1S/C8H15FN2O/c1-6(2)11-7(12)8(9)3-4-10-5-8/h6,10H,3-5H2,1-2H3,(H,11,12). The molecule has 3 nitrogen and oxygen atoms in total. The maximum Gasteiger partial charge on any atom is 0.259 e. The van der Waals surface area contributed by atoms with Crippen LogP contribution >= 0.6 is 0 Å². The highest BCUT2D eigenvalue weighted by molar-refractivity contribution is 5.85. The molecule has 0 aromatic rings. The Balaban J connectivity index is 2.50. The number of hydrogen-bond donors (Lipinski definition) is 2. The second kappa shape index (κ2) is 3.39. The first-order chi connectivity index (χ1) is 5.54. The van der Waals surface area contributed by atoms with Crippen molar-refractivity contribution in [2.45, 2.75) is 32.0 Å². The van der Waals surface area contributed by atoms with Crippen LogP contribution in [0.25, 0.3) is 0 Å². The number of amides is 1. The molecule has 0 aromatic heterocycles. The lowest BCUT2D eigenvalue weighted by Crippen LogP contribution is -2.47. The highest BCUT2D eigenvalue weighted by Gasteiger charge is 2.41. The summed E-state index contributed by atoms with van der Waals surface area (Å²) in [5.74, 6) is -0.484. The normalized spacial score (nSPS) is 29.3. The van der Waals surface area contributed by atoms with Crippen molar-refractivity contribution < 1.29 is 9.18 Å². The third-order valence-corrected chi connectivity index (χ3v) is 1.93. The number of halogens is 1. The number of alkyl halides is 1. The molecule has 70 valence electrons. The van der Waals surface area contributed by atoms with E-state index in [1.165, 1.54) is 0 Å². The summed E-state index contributed by atoms with van der Waals surface area (Å²) in [5, 5.41) is 5.40. The molecule has 1 fully saturated rings. The fourth-order valence-electron chi connectivity index (χ4n) is 1.25. The molecule has 0 radical (unpaired) electrons. The lowest BCUT2D eigenvalue weighted by atomic mass is 10.0. The minimum atomic E-state index is -1.68. The maximum absolute atomic E-state index is 13.6. The molecule has 1 saturated heterocycles.